The van der Waals surface area contributed by atoms with Crippen molar-refractivity contribution in [1.82, 2.24) is 5.43 Å². The highest BCUT2D eigenvalue weighted by Gasteiger charge is 2.25. The molecule has 0 aliphatic rings. The molecule has 0 unspecified atom stereocenters. The average molecular weight is 175 g/mol. The van der Waals surface area contributed by atoms with Crippen LogP contribution in [0.4, 0.5) is 0 Å². The summed E-state index contributed by atoms with van der Waals surface area (Å²) >= 11 is 0. The van der Waals surface area contributed by atoms with Crippen LogP contribution in [0, 0.1) is 0 Å². The van der Waals surface area contributed by atoms with Gasteiger partial charge in [0.25, 0.3) is 0 Å². The topological polar surface area (TPSA) is 32.3 Å². The van der Waals surface area contributed by atoms with Gasteiger partial charge in [-0.2, -0.15) is 5.43 Å². The zero-order valence-corrected chi connectivity index (χ0v) is 9.02. The minimum atomic E-state index is 0.00819. The normalized spacial score (nSPS) is 13.5. The Hall–Kier alpha value is -0.120. The first-order chi connectivity index (χ1) is 5.33. The maximum atomic E-state index is 8.82. The molecule has 0 saturated carbocycles. The Balaban J connectivity index is 4.04. The first-order valence-corrected chi connectivity index (χ1v) is 4.56. The molecule has 0 spiro atoms. The number of aliphatic hydroxyl groups is 1. The van der Waals surface area contributed by atoms with Gasteiger partial charge in [0.15, 0.2) is 0 Å². The Kier molecular flexibility index (Phi) is 4.17. The first kappa shape index (κ1) is 11.9. The Bertz CT molecular complexity index is 132. The summed E-state index contributed by atoms with van der Waals surface area (Å²) in [4.78, 5) is 0. The molecule has 0 heterocycles. The minimum Gasteiger partial charge on any atom is -0.396 e. The molecule has 3 heteroatoms. The van der Waals surface area contributed by atoms with E-state index in [1.165, 1.54) is 0 Å². The molecule has 0 aromatic heterocycles. The van der Waals surface area contributed by atoms with E-state index in [-0.39, 0.29) is 12.1 Å². The van der Waals surface area contributed by atoms with Gasteiger partial charge in [-0.05, 0) is 27.2 Å². The molecule has 3 nitrogen and oxygen atoms in total. The molecule has 74 valence electrons. The largest absolute Gasteiger partial charge is 0.396 e. The Labute approximate surface area is 75.9 Å². The summed E-state index contributed by atoms with van der Waals surface area (Å²) in [5, 5.41) is 8.82. The van der Waals surface area contributed by atoms with E-state index in [1.54, 1.807) is 0 Å². The Morgan fingerprint density at radius 2 is 1.83 bits per heavy atom. The van der Waals surface area contributed by atoms with Crippen LogP contribution in [0.1, 0.15) is 27.2 Å². The van der Waals surface area contributed by atoms with Crippen LogP contribution in [-0.2, 0) is 0 Å². The van der Waals surface area contributed by atoms with E-state index >= 15 is 0 Å². The molecule has 0 aliphatic heterocycles. The summed E-state index contributed by atoms with van der Waals surface area (Å²) in [5.74, 6) is 0. The molecular weight excluding hydrogens is 152 g/mol. The molecule has 0 radical (unpaired) electrons. The van der Waals surface area contributed by atoms with Gasteiger partial charge in [-0.3, -0.25) is 4.59 Å². The van der Waals surface area contributed by atoms with Crippen LogP contribution in [-0.4, -0.2) is 42.5 Å². The van der Waals surface area contributed by atoms with Crippen LogP contribution in [0.2, 0.25) is 0 Å². The molecule has 0 rings (SSSR count). The van der Waals surface area contributed by atoms with Crippen LogP contribution >= 0.6 is 0 Å². The van der Waals surface area contributed by atoms with Crippen molar-refractivity contribution in [3.05, 3.63) is 0 Å². The molecule has 0 saturated heterocycles. The highest BCUT2D eigenvalue weighted by molar-refractivity contribution is 4.72. The average Bonchev–Trinajstić information content (AvgIpc) is 1.85. The SMILES string of the molecule is CC[N+](C)(C)NC(C)(C)CCO. The summed E-state index contributed by atoms with van der Waals surface area (Å²) in [5.41, 5.74) is 3.47. The van der Waals surface area contributed by atoms with Gasteiger partial charge >= 0.3 is 0 Å². The molecule has 0 aliphatic carbocycles. The maximum Gasteiger partial charge on any atom is 0.0929 e. The number of rotatable bonds is 5. The smallest absolute Gasteiger partial charge is 0.0929 e. The van der Waals surface area contributed by atoms with Crippen molar-refractivity contribution in [2.75, 3.05) is 27.2 Å². The molecule has 0 aromatic rings. The number of nitrogens with one attached hydrogen (secondary N) is 1. The van der Waals surface area contributed by atoms with Gasteiger partial charge in [-0.25, -0.2) is 0 Å². The highest BCUT2D eigenvalue weighted by Crippen LogP contribution is 2.10. The standard InChI is InChI=1S/C9H23N2O/c1-6-11(4,5)10-9(2,3)7-8-12/h10,12H,6-8H2,1-5H3/q+1. The van der Waals surface area contributed by atoms with E-state index in [2.05, 4.69) is 40.3 Å². The van der Waals surface area contributed by atoms with Crippen LogP contribution < -0.4 is 5.43 Å². The second-order valence-corrected chi connectivity index (χ2v) is 4.47. The Morgan fingerprint density at radius 3 is 2.17 bits per heavy atom. The summed E-state index contributed by atoms with van der Waals surface area (Å²) < 4.78 is 0.785. The molecular formula is C9H23N2O+. The number of aliphatic hydroxyl groups excluding tert-OH is 1. The maximum absolute atomic E-state index is 8.82. The van der Waals surface area contributed by atoms with Crippen molar-refractivity contribution in [2.45, 2.75) is 32.7 Å². The van der Waals surface area contributed by atoms with Crippen LogP contribution in [0.5, 0.6) is 0 Å². The lowest BCUT2D eigenvalue weighted by atomic mass is 10.0. The van der Waals surface area contributed by atoms with Gasteiger partial charge in [0.1, 0.15) is 0 Å². The van der Waals surface area contributed by atoms with E-state index in [9.17, 15) is 0 Å². The van der Waals surface area contributed by atoms with Crippen LogP contribution in [0.15, 0.2) is 0 Å². The fourth-order valence-electron chi connectivity index (χ4n) is 1.23. The minimum absolute atomic E-state index is 0.00819. The zero-order valence-electron chi connectivity index (χ0n) is 9.02. The van der Waals surface area contributed by atoms with Crippen molar-refractivity contribution >= 4 is 0 Å². The van der Waals surface area contributed by atoms with E-state index in [1.807, 2.05) is 0 Å². The predicted molar refractivity (Wildman–Crippen MR) is 51.6 cm³/mol. The molecule has 0 amide bonds. The fourth-order valence-corrected chi connectivity index (χ4v) is 1.23. The number of hydrogen-bond acceptors (Lipinski definition) is 2. The van der Waals surface area contributed by atoms with Crippen molar-refractivity contribution in [3.8, 4) is 0 Å². The van der Waals surface area contributed by atoms with Gasteiger partial charge in [0.05, 0.1) is 26.2 Å². The summed E-state index contributed by atoms with van der Waals surface area (Å²) in [6.45, 7) is 7.64. The highest BCUT2D eigenvalue weighted by atomic mass is 16.3. The van der Waals surface area contributed by atoms with Gasteiger partial charge in [-0.1, -0.05) is 0 Å². The third kappa shape index (κ3) is 4.70. The second-order valence-electron chi connectivity index (χ2n) is 4.47. The van der Waals surface area contributed by atoms with Gasteiger partial charge in [0, 0.05) is 6.61 Å². The van der Waals surface area contributed by atoms with Gasteiger partial charge in [-0.15, -0.1) is 0 Å². The van der Waals surface area contributed by atoms with E-state index in [4.69, 9.17) is 5.11 Å². The van der Waals surface area contributed by atoms with Crippen molar-refractivity contribution in [2.24, 2.45) is 0 Å². The Morgan fingerprint density at radius 1 is 1.33 bits per heavy atom. The molecule has 2 N–H and O–H groups in total. The zero-order chi connectivity index (χ0) is 9.83. The van der Waals surface area contributed by atoms with Gasteiger partial charge in [0.2, 0.25) is 0 Å². The quantitative estimate of drug-likeness (QED) is 0.477. The monoisotopic (exact) mass is 175 g/mol. The summed E-state index contributed by atoms with van der Waals surface area (Å²) in [6.07, 6.45) is 0.786. The molecule has 0 fully saturated rings. The van der Waals surface area contributed by atoms with Crippen LogP contribution in [0.3, 0.4) is 0 Å². The fraction of sp³-hybridized carbons (Fsp3) is 1.00. The first-order valence-electron chi connectivity index (χ1n) is 4.56. The lowest BCUT2D eigenvalue weighted by Crippen LogP contribution is -2.60. The number of nitrogens with zero attached hydrogens (tertiary/aromatic N) is 1. The number of hydrogen-bond donors (Lipinski definition) is 2. The van der Waals surface area contributed by atoms with E-state index < -0.39 is 0 Å². The third-order valence-electron chi connectivity index (χ3n) is 2.13. The van der Waals surface area contributed by atoms with Crippen molar-refractivity contribution < 1.29 is 9.70 Å². The second kappa shape index (κ2) is 4.21. The summed E-state index contributed by atoms with van der Waals surface area (Å²) in [7, 11) is 4.25. The van der Waals surface area contributed by atoms with E-state index in [0.717, 1.165) is 17.6 Å². The van der Waals surface area contributed by atoms with Crippen LogP contribution in [0.25, 0.3) is 0 Å². The summed E-state index contributed by atoms with van der Waals surface area (Å²) in [6, 6.07) is 0. The molecule has 0 aromatic carbocycles. The molecule has 0 bridgehead atoms. The lowest BCUT2D eigenvalue weighted by Gasteiger charge is -2.37. The van der Waals surface area contributed by atoms with Crippen molar-refractivity contribution in [1.29, 1.82) is 0 Å². The molecule has 12 heavy (non-hydrogen) atoms. The predicted octanol–water partition coefficient (Wildman–Crippen LogP) is 0.748. The molecule has 0 atom stereocenters. The van der Waals surface area contributed by atoms with Gasteiger partial charge < -0.3 is 5.11 Å². The third-order valence-corrected chi connectivity index (χ3v) is 2.13. The number of quaternary nitrogens is 1. The van der Waals surface area contributed by atoms with Crippen molar-refractivity contribution in [3.63, 3.8) is 0 Å². The lowest BCUT2D eigenvalue weighted by molar-refractivity contribution is -0.938. The van der Waals surface area contributed by atoms with E-state index in [0.29, 0.717) is 0 Å².